The van der Waals surface area contributed by atoms with Gasteiger partial charge in [-0.1, -0.05) is 28.1 Å². The van der Waals surface area contributed by atoms with Crippen molar-refractivity contribution in [1.29, 1.82) is 0 Å². The van der Waals surface area contributed by atoms with Crippen molar-refractivity contribution < 1.29 is 14.6 Å². The average Bonchev–Trinajstić information content (AvgIpc) is 2.49. The van der Waals surface area contributed by atoms with Crippen LogP contribution in [0.5, 0.6) is 11.5 Å². The third kappa shape index (κ3) is 3.98. The first-order valence-electron chi connectivity index (χ1n) is 6.47. The maximum absolute atomic E-state index is 12.1. The van der Waals surface area contributed by atoms with Gasteiger partial charge in [0, 0.05) is 17.1 Å². The van der Waals surface area contributed by atoms with Gasteiger partial charge in [-0.15, -0.1) is 0 Å². The normalized spacial score (nSPS) is 10.2. The Labute approximate surface area is 131 Å². The number of carbonyl (C=O) groups is 1. The maximum atomic E-state index is 12.1. The largest absolute Gasteiger partial charge is 0.507 e. The van der Waals surface area contributed by atoms with E-state index in [-0.39, 0.29) is 17.2 Å². The Morgan fingerprint density at radius 1 is 1.24 bits per heavy atom. The minimum atomic E-state index is -0.358. The van der Waals surface area contributed by atoms with Gasteiger partial charge in [-0.25, -0.2) is 0 Å². The topological polar surface area (TPSA) is 58.6 Å². The molecule has 110 valence electrons. The van der Waals surface area contributed by atoms with Crippen molar-refractivity contribution in [3.05, 3.63) is 53.6 Å². The summed E-state index contributed by atoms with van der Waals surface area (Å²) in [5.41, 5.74) is 2.09. The molecular formula is C16H16BrNO3. The molecule has 5 heteroatoms. The van der Waals surface area contributed by atoms with Gasteiger partial charge in [0.2, 0.25) is 0 Å². The van der Waals surface area contributed by atoms with Crippen LogP contribution in [0, 0.1) is 0 Å². The highest BCUT2D eigenvalue weighted by atomic mass is 79.9. The van der Waals surface area contributed by atoms with Crippen molar-refractivity contribution in [2.24, 2.45) is 0 Å². The molecule has 0 aliphatic carbocycles. The number of halogens is 1. The molecule has 0 heterocycles. The van der Waals surface area contributed by atoms with E-state index >= 15 is 0 Å². The standard InChI is InChI=1S/C16H16BrNO3/c1-21-13-6-7-14(15(19)10-13)16(20)18-12-4-2-11(3-5-12)8-9-17/h2-7,10,19H,8-9H2,1H3,(H,18,20). The quantitative estimate of drug-likeness (QED) is 0.811. The van der Waals surface area contributed by atoms with Crippen LogP contribution in [0.15, 0.2) is 42.5 Å². The van der Waals surface area contributed by atoms with Crippen LogP contribution >= 0.6 is 15.9 Å². The SMILES string of the molecule is COc1ccc(C(=O)Nc2ccc(CCBr)cc2)c(O)c1. The molecular weight excluding hydrogens is 334 g/mol. The number of phenols is 1. The first-order chi connectivity index (χ1) is 10.1. The number of alkyl halides is 1. The van der Waals surface area contributed by atoms with Crippen LogP contribution in [0.1, 0.15) is 15.9 Å². The molecule has 21 heavy (non-hydrogen) atoms. The fraction of sp³-hybridized carbons (Fsp3) is 0.188. The van der Waals surface area contributed by atoms with Gasteiger partial charge in [0.25, 0.3) is 5.91 Å². The highest BCUT2D eigenvalue weighted by Gasteiger charge is 2.12. The summed E-state index contributed by atoms with van der Waals surface area (Å²) >= 11 is 3.39. The van der Waals surface area contributed by atoms with Crippen LogP contribution in [-0.2, 0) is 6.42 Å². The van der Waals surface area contributed by atoms with E-state index < -0.39 is 0 Å². The molecule has 0 aliphatic heterocycles. The molecule has 4 nitrogen and oxygen atoms in total. The Bertz CT molecular complexity index is 626. The molecule has 0 radical (unpaired) electrons. The van der Waals surface area contributed by atoms with E-state index in [1.807, 2.05) is 24.3 Å². The summed E-state index contributed by atoms with van der Waals surface area (Å²) < 4.78 is 4.99. The molecule has 0 aliphatic rings. The summed E-state index contributed by atoms with van der Waals surface area (Å²) in [6, 6.07) is 12.2. The Hall–Kier alpha value is -2.01. The Morgan fingerprint density at radius 3 is 2.52 bits per heavy atom. The lowest BCUT2D eigenvalue weighted by Crippen LogP contribution is -2.12. The number of nitrogens with one attached hydrogen (secondary N) is 1. The Kier molecular flexibility index (Phi) is 5.22. The number of methoxy groups -OCH3 is 1. The zero-order chi connectivity index (χ0) is 15.2. The average molecular weight is 350 g/mol. The van der Waals surface area contributed by atoms with E-state index in [4.69, 9.17) is 4.74 Å². The van der Waals surface area contributed by atoms with Gasteiger partial charge in [-0.3, -0.25) is 4.79 Å². The second kappa shape index (κ2) is 7.13. The molecule has 0 atom stereocenters. The van der Waals surface area contributed by atoms with Gasteiger partial charge in [-0.2, -0.15) is 0 Å². The number of ether oxygens (including phenoxy) is 1. The summed E-state index contributed by atoms with van der Waals surface area (Å²) in [5, 5.41) is 13.5. The Balaban J connectivity index is 2.10. The number of hydrogen-bond donors (Lipinski definition) is 2. The number of hydrogen-bond acceptors (Lipinski definition) is 3. The smallest absolute Gasteiger partial charge is 0.259 e. The van der Waals surface area contributed by atoms with Crippen LogP contribution < -0.4 is 10.1 Å². The number of aryl methyl sites for hydroxylation is 1. The molecule has 2 N–H and O–H groups in total. The lowest BCUT2D eigenvalue weighted by molar-refractivity contribution is 0.102. The van der Waals surface area contributed by atoms with E-state index in [2.05, 4.69) is 21.2 Å². The molecule has 0 unspecified atom stereocenters. The number of phenolic OH excluding ortho intramolecular Hbond substituents is 1. The van der Waals surface area contributed by atoms with E-state index in [0.29, 0.717) is 11.4 Å². The number of amides is 1. The third-order valence-corrected chi connectivity index (χ3v) is 3.44. The summed E-state index contributed by atoms with van der Waals surface area (Å²) in [7, 11) is 1.50. The summed E-state index contributed by atoms with van der Waals surface area (Å²) in [5.74, 6) is 0.0364. The molecule has 0 spiro atoms. The van der Waals surface area contributed by atoms with Crippen molar-refractivity contribution in [3.63, 3.8) is 0 Å². The van der Waals surface area contributed by atoms with Crippen molar-refractivity contribution in [3.8, 4) is 11.5 Å². The summed E-state index contributed by atoms with van der Waals surface area (Å²) in [6.45, 7) is 0. The van der Waals surface area contributed by atoms with Gasteiger partial charge in [0.05, 0.1) is 12.7 Å². The second-order valence-corrected chi connectivity index (χ2v) is 5.27. The van der Waals surface area contributed by atoms with E-state index in [1.54, 1.807) is 6.07 Å². The van der Waals surface area contributed by atoms with Gasteiger partial charge in [-0.05, 0) is 36.2 Å². The van der Waals surface area contributed by atoms with Crippen LogP contribution in [0.25, 0.3) is 0 Å². The molecule has 0 saturated carbocycles. The highest BCUT2D eigenvalue weighted by molar-refractivity contribution is 9.09. The number of anilines is 1. The van der Waals surface area contributed by atoms with Crippen molar-refractivity contribution >= 4 is 27.5 Å². The predicted octanol–water partition coefficient (Wildman–Crippen LogP) is 3.59. The number of carbonyl (C=O) groups excluding carboxylic acids is 1. The fourth-order valence-corrected chi connectivity index (χ4v) is 2.35. The van der Waals surface area contributed by atoms with Crippen molar-refractivity contribution in [1.82, 2.24) is 0 Å². The van der Waals surface area contributed by atoms with E-state index in [9.17, 15) is 9.90 Å². The number of aromatic hydroxyl groups is 1. The van der Waals surface area contributed by atoms with Crippen LogP contribution in [0.4, 0.5) is 5.69 Å². The first kappa shape index (κ1) is 15.4. The highest BCUT2D eigenvalue weighted by Crippen LogP contribution is 2.24. The molecule has 2 aromatic carbocycles. The van der Waals surface area contributed by atoms with Crippen molar-refractivity contribution in [2.75, 3.05) is 17.8 Å². The fourth-order valence-electron chi connectivity index (χ4n) is 1.89. The summed E-state index contributed by atoms with van der Waals surface area (Å²) in [4.78, 5) is 12.1. The zero-order valence-electron chi connectivity index (χ0n) is 11.6. The summed E-state index contributed by atoms with van der Waals surface area (Å²) in [6.07, 6.45) is 0.938. The predicted molar refractivity (Wildman–Crippen MR) is 86.6 cm³/mol. The lowest BCUT2D eigenvalue weighted by atomic mass is 10.1. The Morgan fingerprint density at radius 2 is 1.95 bits per heavy atom. The molecule has 2 rings (SSSR count). The van der Waals surface area contributed by atoms with Gasteiger partial charge >= 0.3 is 0 Å². The van der Waals surface area contributed by atoms with Crippen molar-refractivity contribution in [2.45, 2.75) is 6.42 Å². The molecule has 2 aromatic rings. The minimum Gasteiger partial charge on any atom is -0.507 e. The number of benzene rings is 2. The van der Waals surface area contributed by atoms with Gasteiger partial charge in [0.1, 0.15) is 11.5 Å². The maximum Gasteiger partial charge on any atom is 0.259 e. The lowest BCUT2D eigenvalue weighted by Gasteiger charge is -2.08. The minimum absolute atomic E-state index is 0.109. The molecule has 1 amide bonds. The van der Waals surface area contributed by atoms with E-state index in [1.165, 1.54) is 24.8 Å². The van der Waals surface area contributed by atoms with E-state index in [0.717, 1.165) is 11.8 Å². The van der Waals surface area contributed by atoms with Gasteiger partial charge < -0.3 is 15.2 Å². The first-order valence-corrected chi connectivity index (χ1v) is 7.59. The van der Waals surface area contributed by atoms with Crippen LogP contribution in [0.3, 0.4) is 0 Å². The van der Waals surface area contributed by atoms with Crippen LogP contribution in [0.2, 0.25) is 0 Å². The molecule has 0 saturated heterocycles. The van der Waals surface area contributed by atoms with Gasteiger partial charge in [0.15, 0.2) is 0 Å². The molecule has 0 bridgehead atoms. The number of rotatable bonds is 5. The zero-order valence-corrected chi connectivity index (χ0v) is 13.2. The second-order valence-electron chi connectivity index (χ2n) is 4.47. The monoisotopic (exact) mass is 349 g/mol. The molecule has 0 fully saturated rings. The van der Waals surface area contributed by atoms with Crippen LogP contribution in [-0.4, -0.2) is 23.5 Å². The third-order valence-electron chi connectivity index (χ3n) is 3.04. The molecule has 0 aromatic heterocycles.